The molecule has 0 saturated carbocycles. The van der Waals surface area contributed by atoms with Gasteiger partial charge in [-0.2, -0.15) is 4.98 Å². The first-order valence-corrected chi connectivity index (χ1v) is 5.91. The van der Waals surface area contributed by atoms with Gasteiger partial charge in [-0.1, -0.05) is 24.2 Å². The maximum Gasteiger partial charge on any atom is 0.226 e. The van der Waals surface area contributed by atoms with E-state index in [0.29, 0.717) is 11.7 Å². The fourth-order valence-electron chi connectivity index (χ4n) is 2.25. The molecule has 0 spiro atoms. The molecule has 1 heterocycles. The highest BCUT2D eigenvalue weighted by Gasteiger charge is 2.21. The van der Waals surface area contributed by atoms with Crippen LogP contribution in [0.25, 0.3) is 11.4 Å². The molecule has 1 aliphatic rings. The lowest BCUT2D eigenvalue weighted by molar-refractivity contribution is 0.180. The third kappa shape index (κ3) is 1.74. The predicted octanol–water partition coefficient (Wildman–Crippen LogP) is 2.28. The Labute approximate surface area is 99.3 Å². The van der Waals surface area contributed by atoms with Crippen LogP contribution >= 0.6 is 0 Å². The number of aliphatic hydroxyl groups excluding tert-OH is 1. The summed E-state index contributed by atoms with van der Waals surface area (Å²) in [6.07, 6.45) is 2.17. The molecular weight excluding hydrogens is 216 g/mol. The van der Waals surface area contributed by atoms with Gasteiger partial charge < -0.3 is 9.63 Å². The van der Waals surface area contributed by atoms with Crippen molar-refractivity contribution in [1.82, 2.24) is 10.1 Å². The molecule has 0 radical (unpaired) electrons. The Morgan fingerprint density at radius 1 is 1.47 bits per heavy atom. The molecule has 0 amide bonds. The van der Waals surface area contributed by atoms with E-state index in [4.69, 9.17) is 4.52 Å². The van der Waals surface area contributed by atoms with Crippen LogP contribution in [0.4, 0.5) is 0 Å². The Kier molecular flexibility index (Phi) is 2.44. The summed E-state index contributed by atoms with van der Waals surface area (Å²) in [6, 6.07) is 5.96. The second kappa shape index (κ2) is 3.96. The normalized spacial score (nSPS) is 18.4. The first-order valence-electron chi connectivity index (χ1n) is 5.91. The van der Waals surface area contributed by atoms with Crippen LogP contribution in [-0.4, -0.2) is 15.2 Å². The van der Waals surface area contributed by atoms with Gasteiger partial charge in [-0.15, -0.1) is 0 Å². The van der Waals surface area contributed by atoms with Gasteiger partial charge >= 0.3 is 0 Å². The number of fused-ring (bicyclic) bond motifs is 1. The van der Waals surface area contributed by atoms with Crippen LogP contribution in [0.2, 0.25) is 0 Å². The molecule has 4 nitrogen and oxygen atoms in total. The maximum atomic E-state index is 9.74. The molecule has 0 unspecified atom stereocenters. The van der Waals surface area contributed by atoms with E-state index in [9.17, 15) is 5.11 Å². The van der Waals surface area contributed by atoms with E-state index in [0.717, 1.165) is 30.4 Å². The number of aromatic nitrogens is 2. The van der Waals surface area contributed by atoms with Crippen molar-refractivity contribution in [2.45, 2.75) is 32.3 Å². The molecule has 2 aromatic rings. The molecule has 0 saturated heterocycles. The van der Waals surface area contributed by atoms with E-state index >= 15 is 0 Å². The van der Waals surface area contributed by atoms with E-state index in [1.54, 1.807) is 0 Å². The second-order valence-corrected chi connectivity index (χ2v) is 4.33. The molecule has 0 bridgehead atoms. The Morgan fingerprint density at radius 2 is 2.35 bits per heavy atom. The topological polar surface area (TPSA) is 59.2 Å². The average Bonchev–Trinajstić information content (AvgIpc) is 2.96. The van der Waals surface area contributed by atoms with Gasteiger partial charge in [0.25, 0.3) is 0 Å². The van der Waals surface area contributed by atoms with Crippen LogP contribution in [-0.2, 0) is 12.8 Å². The lowest BCUT2D eigenvalue weighted by Gasteiger charge is -2.03. The van der Waals surface area contributed by atoms with Gasteiger partial charge in [-0.25, -0.2) is 0 Å². The Hall–Kier alpha value is -1.68. The summed E-state index contributed by atoms with van der Waals surface area (Å²) in [4.78, 5) is 4.30. The third-order valence-electron chi connectivity index (χ3n) is 3.22. The van der Waals surface area contributed by atoms with Gasteiger partial charge in [0.05, 0.1) is 6.10 Å². The van der Waals surface area contributed by atoms with Crippen molar-refractivity contribution in [3.8, 4) is 11.4 Å². The van der Waals surface area contributed by atoms with Crippen LogP contribution < -0.4 is 0 Å². The Balaban J connectivity index is 1.99. The minimum absolute atomic E-state index is 0.310. The van der Waals surface area contributed by atoms with E-state index in [2.05, 4.69) is 16.2 Å². The SMILES string of the molecule is CCc1nc(-c2ccc3c(c2)CC[C@@H]3O)no1. The smallest absolute Gasteiger partial charge is 0.226 e. The minimum atomic E-state index is -0.310. The highest BCUT2D eigenvalue weighted by molar-refractivity contribution is 5.58. The van der Waals surface area contributed by atoms with E-state index < -0.39 is 0 Å². The molecule has 88 valence electrons. The molecule has 1 N–H and O–H groups in total. The summed E-state index contributed by atoms with van der Waals surface area (Å²) in [5.74, 6) is 1.28. The number of aryl methyl sites for hydroxylation is 2. The van der Waals surface area contributed by atoms with Gasteiger partial charge in [0.2, 0.25) is 11.7 Å². The fraction of sp³-hybridized carbons (Fsp3) is 0.385. The molecule has 4 heteroatoms. The second-order valence-electron chi connectivity index (χ2n) is 4.33. The Bertz CT molecular complexity index is 548. The standard InChI is InChI=1S/C13H14N2O2/c1-2-12-14-13(15-17-12)9-3-5-10-8(7-9)4-6-11(10)16/h3,5,7,11,16H,2,4,6H2,1H3/t11-/m0/s1. The van der Waals surface area contributed by atoms with Crippen LogP contribution in [0.3, 0.4) is 0 Å². The zero-order valence-corrected chi connectivity index (χ0v) is 9.68. The molecule has 1 aliphatic carbocycles. The van der Waals surface area contributed by atoms with Crippen LogP contribution in [0.15, 0.2) is 22.7 Å². The van der Waals surface area contributed by atoms with Crippen molar-refractivity contribution in [2.75, 3.05) is 0 Å². The number of nitrogens with zero attached hydrogens (tertiary/aromatic N) is 2. The maximum absolute atomic E-state index is 9.74. The summed E-state index contributed by atoms with van der Waals surface area (Å²) in [7, 11) is 0. The van der Waals surface area contributed by atoms with Crippen molar-refractivity contribution in [3.05, 3.63) is 35.2 Å². The molecule has 0 fully saturated rings. The summed E-state index contributed by atoms with van der Waals surface area (Å²) >= 11 is 0. The zero-order chi connectivity index (χ0) is 11.8. The van der Waals surface area contributed by atoms with Gasteiger partial charge in [-0.3, -0.25) is 0 Å². The average molecular weight is 230 g/mol. The number of hydrogen-bond donors (Lipinski definition) is 1. The third-order valence-corrected chi connectivity index (χ3v) is 3.22. The lowest BCUT2D eigenvalue weighted by Crippen LogP contribution is -1.90. The molecule has 1 aromatic carbocycles. The Morgan fingerprint density at radius 3 is 3.12 bits per heavy atom. The van der Waals surface area contributed by atoms with Crippen LogP contribution in [0.5, 0.6) is 0 Å². The quantitative estimate of drug-likeness (QED) is 0.859. The predicted molar refractivity (Wildman–Crippen MR) is 62.4 cm³/mol. The summed E-state index contributed by atoms with van der Waals surface area (Å²) in [6.45, 7) is 1.98. The molecule has 1 aromatic heterocycles. The zero-order valence-electron chi connectivity index (χ0n) is 9.68. The molecule has 0 aliphatic heterocycles. The first kappa shape index (κ1) is 10.5. The van der Waals surface area contributed by atoms with Crippen LogP contribution in [0.1, 0.15) is 36.5 Å². The number of rotatable bonds is 2. The van der Waals surface area contributed by atoms with Gasteiger partial charge in [0.15, 0.2) is 0 Å². The van der Waals surface area contributed by atoms with Crippen molar-refractivity contribution < 1.29 is 9.63 Å². The lowest BCUT2D eigenvalue weighted by atomic mass is 10.1. The number of benzene rings is 1. The number of hydrogen-bond acceptors (Lipinski definition) is 4. The van der Waals surface area contributed by atoms with Gasteiger partial charge in [0, 0.05) is 12.0 Å². The van der Waals surface area contributed by atoms with Crippen molar-refractivity contribution in [2.24, 2.45) is 0 Å². The molecule has 1 atom stereocenters. The largest absolute Gasteiger partial charge is 0.388 e. The number of aliphatic hydroxyl groups is 1. The minimum Gasteiger partial charge on any atom is -0.388 e. The van der Waals surface area contributed by atoms with Crippen molar-refractivity contribution in [1.29, 1.82) is 0 Å². The van der Waals surface area contributed by atoms with Crippen LogP contribution in [0, 0.1) is 0 Å². The van der Waals surface area contributed by atoms with Crippen molar-refractivity contribution >= 4 is 0 Å². The highest BCUT2D eigenvalue weighted by atomic mass is 16.5. The molecule has 3 rings (SSSR count). The van der Waals surface area contributed by atoms with Gasteiger partial charge in [0.1, 0.15) is 0 Å². The van der Waals surface area contributed by atoms with Crippen molar-refractivity contribution in [3.63, 3.8) is 0 Å². The van der Waals surface area contributed by atoms with Gasteiger partial charge in [-0.05, 0) is 30.0 Å². The summed E-state index contributed by atoms with van der Waals surface area (Å²) in [5.41, 5.74) is 3.19. The first-order chi connectivity index (χ1) is 8.28. The monoisotopic (exact) mass is 230 g/mol. The van der Waals surface area contributed by atoms with E-state index in [-0.39, 0.29) is 6.10 Å². The summed E-state index contributed by atoms with van der Waals surface area (Å²) < 4.78 is 5.10. The highest BCUT2D eigenvalue weighted by Crippen LogP contribution is 2.33. The fourth-order valence-corrected chi connectivity index (χ4v) is 2.25. The van der Waals surface area contributed by atoms with E-state index in [1.165, 1.54) is 5.56 Å². The molecular formula is C13H14N2O2. The summed E-state index contributed by atoms with van der Waals surface area (Å²) in [5, 5.41) is 13.7. The molecule has 17 heavy (non-hydrogen) atoms. The van der Waals surface area contributed by atoms with E-state index in [1.807, 2.05) is 19.1 Å².